The molecule has 9 heteroatoms. The highest BCUT2D eigenvalue weighted by molar-refractivity contribution is 6.30. The highest BCUT2D eigenvalue weighted by atomic mass is 35.5. The van der Waals surface area contributed by atoms with Crippen LogP contribution in [0.25, 0.3) is 0 Å². The van der Waals surface area contributed by atoms with E-state index >= 15 is 0 Å². The zero-order valence-electron chi connectivity index (χ0n) is 14.1. The minimum Gasteiger partial charge on any atom is -0.355 e. The van der Waals surface area contributed by atoms with E-state index in [1.807, 2.05) is 12.1 Å². The van der Waals surface area contributed by atoms with Gasteiger partial charge < -0.3 is 10.2 Å². The highest BCUT2D eigenvalue weighted by Gasteiger charge is 2.30. The first kappa shape index (κ1) is 18.2. The van der Waals surface area contributed by atoms with E-state index in [-0.39, 0.29) is 23.4 Å². The number of nitrogens with zero attached hydrogens (tertiary/aromatic N) is 2. The molecule has 1 aliphatic heterocycles. The fourth-order valence-corrected chi connectivity index (χ4v) is 3.09. The molecule has 1 aliphatic rings. The number of carbonyl (C=O) groups excluding carboxylic acids is 2. The van der Waals surface area contributed by atoms with Crippen LogP contribution in [0.5, 0.6) is 0 Å². The molecule has 0 spiro atoms. The van der Waals surface area contributed by atoms with Gasteiger partial charge in [0.05, 0.1) is 5.92 Å². The molecule has 0 radical (unpaired) electrons. The lowest BCUT2D eigenvalue weighted by atomic mass is 9.96. The van der Waals surface area contributed by atoms with Gasteiger partial charge in [0.2, 0.25) is 11.8 Å². The van der Waals surface area contributed by atoms with Crippen LogP contribution in [0.3, 0.4) is 0 Å². The summed E-state index contributed by atoms with van der Waals surface area (Å²) in [4.78, 5) is 39.7. The molecule has 138 valence electrons. The molecule has 3 N–H and O–H groups in total. The number of nitrogens with one attached hydrogen (secondary N) is 3. The number of likely N-dealkylation sites (tertiary alicyclic amines) is 1. The molecule has 26 heavy (non-hydrogen) atoms. The molecule has 2 aromatic rings. The molecular formula is C17H20ClN5O3. The number of piperidine rings is 1. The van der Waals surface area contributed by atoms with E-state index < -0.39 is 0 Å². The Bertz CT molecular complexity index is 829. The van der Waals surface area contributed by atoms with Gasteiger partial charge in [-0.15, -0.1) is 0 Å². The maximum atomic E-state index is 12.4. The Morgan fingerprint density at radius 1 is 1.31 bits per heavy atom. The first-order chi connectivity index (χ1) is 12.5. The van der Waals surface area contributed by atoms with Crippen LogP contribution in [0.15, 0.2) is 29.1 Å². The lowest BCUT2D eigenvalue weighted by Gasteiger charge is -2.32. The summed E-state index contributed by atoms with van der Waals surface area (Å²) in [6.07, 6.45) is 1.34. The molecule has 1 fully saturated rings. The minimum atomic E-state index is -0.366. The number of hydrogen-bond donors (Lipinski definition) is 3. The van der Waals surface area contributed by atoms with Crippen LogP contribution < -0.4 is 11.0 Å². The third-order valence-corrected chi connectivity index (χ3v) is 4.62. The Morgan fingerprint density at radius 3 is 2.77 bits per heavy atom. The van der Waals surface area contributed by atoms with Crippen molar-refractivity contribution >= 4 is 23.4 Å². The average molecular weight is 378 g/mol. The second kappa shape index (κ2) is 8.18. The Labute approximate surface area is 154 Å². The molecule has 8 nitrogen and oxygen atoms in total. The summed E-state index contributed by atoms with van der Waals surface area (Å²) in [6.45, 7) is 1.24. The molecule has 1 atom stereocenters. The normalized spacial score (nSPS) is 17.3. The average Bonchev–Trinajstić information content (AvgIpc) is 3.04. The van der Waals surface area contributed by atoms with Gasteiger partial charge in [-0.05, 0) is 24.1 Å². The van der Waals surface area contributed by atoms with Gasteiger partial charge in [-0.2, -0.15) is 5.10 Å². The van der Waals surface area contributed by atoms with Crippen molar-refractivity contribution in [2.45, 2.75) is 25.8 Å². The lowest BCUT2D eigenvalue weighted by Crippen LogP contribution is -2.45. The number of hydrogen-bond acceptors (Lipinski definition) is 4. The predicted octanol–water partition coefficient (Wildman–Crippen LogP) is 0.849. The number of amides is 2. The highest BCUT2D eigenvalue weighted by Crippen LogP contribution is 2.20. The largest absolute Gasteiger partial charge is 0.355 e. The summed E-state index contributed by atoms with van der Waals surface area (Å²) in [5, 5.41) is 9.57. The molecule has 0 aliphatic carbocycles. The van der Waals surface area contributed by atoms with Crippen LogP contribution in [0, 0.1) is 5.92 Å². The molecule has 1 aromatic heterocycles. The zero-order valence-corrected chi connectivity index (χ0v) is 14.9. The Kier molecular flexibility index (Phi) is 5.72. The summed E-state index contributed by atoms with van der Waals surface area (Å²) >= 11 is 5.88. The number of benzene rings is 1. The van der Waals surface area contributed by atoms with Crippen LogP contribution in [0.2, 0.25) is 5.02 Å². The van der Waals surface area contributed by atoms with Crippen molar-refractivity contribution in [2.24, 2.45) is 5.92 Å². The van der Waals surface area contributed by atoms with E-state index in [0.717, 1.165) is 5.56 Å². The number of halogens is 1. The molecule has 3 rings (SSSR count). The van der Waals surface area contributed by atoms with Crippen LogP contribution >= 0.6 is 11.6 Å². The quantitative estimate of drug-likeness (QED) is 0.692. The van der Waals surface area contributed by atoms with Crippen molar-refractivity contribution < 1.29 is 9.59 Å². The number of carbonyl (C=O) groups is 2. The monoisotopic (exact) mass is 377 g/mol. The lowest BCUT2D eigenvalue weighted by molar-refractivity contribution is -0.138. The first-order valence-electron chi connectivity index (χ1n) is 8.45. The maximum Gasteiger partial charge on any atom is 0.340 e. The number of aromatic nitrogens is 3. The van der Waals surface area contributed by atoms with E-state index in [2.05, 4.69) is 20.5 Å². The summed E-state index contributed by atoms with van der Waals surface area (Å²) in [7, 11) is 0. The fraction of sp³-hybridized carbons (Fsp3) is 0.412. The second-order valence-electron chi connectivity index (χ2n) is 6.30. The van der Waals surface area contributed by atoms with Gasteiger partial charge in [0.25, 0.3) is 0 Å². The van der Waals surface area contributed by atoms with Crippen LogP contribution in [0.4, 0.5) is 0 Å². The van der Waals surface area contributed by atoms with Gasteiger partial charge in [-0.1, -0.05) is 23.7 Å². The van der Waals surface area contributed by atoms with Gasteiger partial charge in [-0.3, -0.25) is 14.6 Å². The molecule has 0 saturated carbocycles. The van der Waals surface area contributed by atoms with Crippen molar-refractivity contribution in [3.05, 3.63) is 51.2 Å². The van der Waals surface area contributed by atoms with Gasteiger partial charge in [0, 0.05) is 37.5 Å². The predicted molar refractivity (Wildman–Crippen MR) is 95.5 cm³/mol. The van der Waals surface area contributed by atoms with Gasteiger partial charge in [-0.25, -0.2) is 9.89 Å². The van der Waals surface area contributed by atoms with Gasteiger partial charge in [0.15, 0.2) is 0 Å². The number of H-pyrrole nitrogens is 2. The summed E-state index contributed by atoms with van der Waals surface area (Å²) in [5.41, 5.74) is 0.612. The maximum absolute atomic E-state index is 12.4. The molecular weight excluding hydrogens is 358 g/mol. The third kappa shape index (κ3) is 4.72. The Hall–Kier alpha value is -2.61. The van der Waals surface area contributed by atoms with Crippen molar-refractivity contribution in [1.29, 1.82) is 0 Å². The molecule has 0 unspecified atom stereocenters. The van der Waals surface area contributed by atoms with Gasteiger partial charge >= 0.3 is 5.69 Å². The zero-order chi connectivity index (χ0) is 18.5. The molecule has 1 saturated heterocycles. The minimum absolute atomic E-state index is 0.0538. The smallest absolute Gasteiger partial charge is 0.340 e. The molecule has 1 aromatic carbocycles. The summed E-state index contributed by atoms with van der Waals surface area (Å²) in [5.74, 6) is 0.228. The number of aromatic amines is 2. The fourth-order valence-electron chi connectivity index (χ4n) is 2.96. The van der Waals surface area contributed by atoms with Crippen LogP contribution in [0.1, 0.15) is 24.2 Å². The Balaban J connectivity index is 1.51. The first-order valence-corrected chi connectivity index (χ1v) is 8.82. The molecule has 2 amide bonds. The topological polar surface area (TPSA) is 111 Å². The van der Waals surface area contributed by atoms with Crippen molar-refractivity contribution in [3.63, 3.8) is 0 Å². The second-order valence-corrected chi connectivity index (χ2v) is 6.74. The van der Waals surface area contributed by atoms with E-state index in [4.69, 9.17) is 11.6 Å². The van der Waals surface area contributed by atoms with Crippen LogP contribution in [-0.4, -0.2) is 45.0 Å². The van der Waals surface area contributed by atoms with E-state index in [1.165, 1.54) is 0 Å². The Morgan fingerprint density at radius 2 is 2.08 bits per heavy atom. The molecule has 0 bridgehead atoms. The SMILES string of the molecule is O=C(NCCc1n[nH]c(=O)[nH]1)[C@H]1CCC(=O)N(Cc2ccc(Cl)cc2)C1. The van der Waals surface area contributed by atoms with E-state index in [1.54, 1.807) is 17.0 Å². The van der Waals surface area contributed by atoms with Gasteiger partial charge in [0.1, 0.15) is 5.82 Å². The van der Waals surface area contributed by atoms with E-state index in [9.17, 15) is 14.4 Å². The summed E-state index contributed by atoms with van der Waals surface area (Å²) in [6, 6.07) is 7.33. The van der Waals surface area contributed by atoms with Crippen molar-refractivity contribution in [3.8, 4) is 0 Å². The van der Waals surface area contributed by atoms with Crippen LogP contribution in [-0.2, 0) is 22.6 Å². The summed E-state index contributed by atoms with van der Waals surface area (Å²) < 4.78 is 0. The van der Waals surface area contributed by atoms with Crippen molar-refractivity contribution in [2.75, 3.05) is 13.1 Å². The standard InChI is InChI=1S/C17H20ClN5O3/c18-13-4-1-11(2-5-13)9-23-10-12(3-6-15(23)24)16(25)19-8-7-14-20-17(26)22-21-14/h1-2,4-5,12H,3,6-10H2,(H,19,25)(H2,20,21,22,26)/t12-/m0/s1. The number of rotatable bonds is 6. The molecule has 2 heterocycles. The van der Waals surface area contributed by atoms with E-state index in [0.29, 0.717) is 49.7 Å². The third-order valence-electron chi connectivity index (χ3n) is 4.37. The van der Waals surface area contributed by atoms with Crippen molar-refractivity contribution in [1.82, 2.24) is 25.4 Å².